The van der Waals surface area contributed by atoms with Gasteiger partial charge in [-0.2, -0.15) is 0 Å². The average molecular weight is 237 g/mol. The molecule has 1 rings (SSSR count). The number of carboxylic acids is 1. The van der Waals surface area contributed by atoms with Gasteiger partial charge in [-0.1, -0.05) is 17.7 Å². The second kappa shape index (κ2) is 5.45. The van der Waals surface area contributed by atoms with Gasteiger partial charge in [-0.25, -0.2) is 4.79 Å². The van der Waals surface area contributed by atoms with E-state index in [9.17, 15) is 9.59 Å². The number of aliphatic hydroxyl groups is 1. The summed E-state index contributed by atoms with van der Waals surface area (Å²) in [5.41, 5.74) is 2.09. The van der Waals surface area contributed by atoms with Crippen LogP contribution in [0, 0.1) is 13.8 Å². The molecule has 0 aromatic heterocycles. The zero-order chi connectivity index (χ0) is 13.0. The van der Waals surface area contributed by atoms with Crippen molar-refractivity contribution in [2.75, 3.05) is 6.61 Å². The Bertz CT molecular complexity index is 442. The molecule has 3 N–H and O–H groups in total. The molecule has 0 saturated heterocycles. The molecular formula is C12H15NO4. The van der Waals surface area contributed by atoms with Crippen molar-refractivity contribution >= 4 is 11.9 Å². The fraction of sp³-hybridized carbons (Fsp3) is 0.333. The highest BCUT2D eigenvalue weighted by atomic mass is 16.4. The van der Waals surface area contributed by atoms with Gasteiger partial charge in [0.25, 0.3) is 5.91 Å². The number of amides is 1. The SMILES string of the molecule is Cc1ccc(C)c(C(=O)N[C@H](CO)C(=O)O)c1. The molecule has 0 saturated carbocycles. The second-order valence-electron chi connectivity index (χ2n) is 3.87. The number of hydrogen-bond donors (Lipinski definition) is 3. The predicted octanol–water partition coefficient (Wildman–Crippen LogP) is 0.479. The molecule has 0 aliphatic heterocycles. The van der Waals surface area contributed by atoms with E-state index in [0.717, 1.165) is 11.1 Å². The van der Waals surface area contributed by atoms with Crippen LogP contribution in [0.15, 0.2) is 18.2 Å². The quantitative estimate of drug-likeness (QED) is 0.710. The molecule has 0 aliphatic rings. The normalized spacial score (nSPS) is 11.9. The van der Waals surface area contributed by atoms with Gasteiger partial charge in [0.2, 0.25) is 0 Å². The van der Waals surface area contributed by atoms with Gasteiger partial charge in [0.05, 0.1) is 6.61 Å². The number of carbonyl (C=O) groups is 2. The van der Waals surface area contributed by atoms with Gasteiger partial charge >= 0.3 is 5.97 Å². The molecule has 0 unspecified atom stereocenters. The van der Waals surface area contributed by atoms with Crippen LogP contribution in [-0.4, -0.2) is 34.7 Å². The van der Waals surface area contributed by atoms with Crippen LogP contribution in [0.4, 0.5) is 0 Å². The third kappa shape index (κ3) is 3.29. The lowest BCUT2D eigenvalue weighted by molar-refractivity contribution is -0.140. The highest BCUT2D eigenvalue weighted by molar-refractivity contribution is 5.97. The van der Waals surface area contributed by atoms with Crippen LogP contribution in [0.25, 0.3) is 0 Å². The van der Waals surface area contributed by atoms with E-state index in [-0.39, 0.29) is 0 Å². The number of aryl methyl sites for hydroxylation is 2. The lowest BCUT2D eigenvalue weighted by Crippen LogP contribution is -2.43. The van der Waals surface area contributed by atoms with Crippen LogP contribution in [-0.2, 0) is 4.79 Å². The summed E-state index contributed by atoms with van der Waals surface area (Å²) < 4.78 is 0. The maximum absolute atomic E-state index is 11.8. The fourth-order valence-electron chi connectivity index (χ4n) is 1.40. The lowest BCUT2D eigenvalue weighted by Gasteiger charge is -2.13. The Kier molecular flexibility index (Phi) is 4.23. The van der Waals surface area contributed by atoms with Gasteiger partial charge in [0.1, 0.15) is 0 Å². The van der Waals surface area contributed by atoms with Crippen LogP contribution < -0.4 is 5.32 Å². The molecule has 0 bridgehead atoms. The zero-order valence-corrected chi connectivity index (χ0v) is 9.73. The number of aliphatic carboxylic acids is 1. The molecule has 0 heterocycles. The van der Waals surface area contributed by atoms with Gasteiger partial charge in [0, 0.05) is 5.56 Å². The fourth-order valence-corrected chi connectivity index (χ4v) is 1.40. The first-order chi connectivity index (χ1) is 7.95. The van der Waals surface area contributed by atoms with Gasteiger partial charge in [0.15, 0.2) is 6.04 Å². The number of carboxylic acid groups (broad SMARTS) is 1. The van der Waals surface area contributed by atoms with E-state index in [0.29, 0.717) is 5.56 Å². The molecule has 0 aliphatic carbocycles. The van der Waals surface area contributed by atoms with Crippen LogP contribution in [0.1, 0.15) is 21.5 Å². The van der Waals surface area contributed by atoms with Gasteiger partial charge < -0.3 is 15.5 Å². The van der Waals surface area contributed by atoms with E-state index >= 15 is 0 Å². The zero-order valence-electron chi connectivity index (χ0n) is 9.73. The largest absolute Gasteiger partial charge is 0.480 e. The Morgan fingerprint density at radius 3 is 2.53 bits per heavy atom. The summed E-state index contributed by atoms with van der Waals surface area (Å²) >= 11 is 0. The van der Waals surface area contributed by atoms with Crippen molar-refractivity contribution in [2.45, 2.75) is 19.9 Å². The Balaban J connectivity index is 2.89. The number of carbonyl (C=O) groups excluding carboxylic acids is 1. The average Bonchev–Trinajstić information content (AvgIpc) is 2.28. The van der Waals surface area contributed by atoms with Crippen molar-refractivity contribution in [3.8, 4) is 0 Å². The topological polar surface area (TPSA) is 86.6 Å². The van der Waals surface area contributed by atoms with Crippen molar-refractivity contribution in [1.82, 2.24) is 5.32 Å². The van der Waals surface area contributed by atoms with Gasteiger partial charge in [-0.15, -0.1) is 0 Å². The molecule has 5 heteroatoms. The Morgan fingerprint density at radius 2 is 2.00 bits per heavy atom. The monoisotopic (exact) mass is 237 g/mol. The number of aliphatic hydroxyl groups excluding tert-OH is 1. The number of hydrogen-bond acceptors (Lipinski definition) is 3. The molecule has 0 spiro atoms. The van der Waals surface area contributed by atoms with Crippen LogP contribution in [0.5, 0.6) is 0 Å². The Hall–Kier alpha value is -1.88. The standard InChI is InChI=1S/C12H15NO4/c1-7-3-4-8(2)9(5-7)11(15)13-10(6-14)12(16)17/h3-5,10,14H,6H2,1-2H3,(H,13,15)(H,16,17)/t10-/m1/s1. The summed E-state index contributed by atoms with van der Waals surface area (Å²) in [5.74, 6) is -1.75. The Labute approximate surface area is 99.1 Å². The second-order valence-corrected chi connectivity index (χ2v) is 3.87. The molecule has 17 heavy (non-hydrogen) atoms. The van der Waals surface area contributed by atoms with Crippen molar-refractivity contribution in [3.05, 3.63) is 34.9 Å². The molecule has 1 aromatic carbocycles. The first-order valence-electron chi connectivity index (χ1n) is 5.17. The van der Waals surface area contributed by atoms with E-state index in [2.05, 4.69) is 5.32 Å². The first kappa shape index (κ1) is 13.2. The van der Waals surface area contributed by atoms with E-state index in [1.807, 2.05) is 13.0 Å². The number of nitrogens with one attached hydrogen (secondary N) is 1. The molecular weight excluding hydrogens is 222 g/mol. The van der Waals surface area contributed by atoms with E-state index < -0.39 is 24.5 Å². The maximum atomic E-state index is 11.8. The molecule has 1 atom stereocenters. The lowest BCUT2D eigenvalue weighted by atomic mass is 10.0. The molecule has 0 radical (unpaired) electrons. The highest BCUT2D eigenvalue weighted by Crippen LogP contribution is 2.10. The predicted molar refractivity (Wildman–Crippen MR) is 61.9 cm³/mol. The summed E-state index contributed by atoms with van der Waals surface area (Å²) in [6.45, 7) is 2.98. The van der Waals surface area contributed by atoms with Crippen LogP contribution >= 0.6 is 0 Å². The summed E-state index contributed by atoms with van der Waals surface area (Å²) in [5, 5.41) is 19.8. The minimum absolute atomic E-state index is 0.421. The number of benzene rings is 1. The highest BCUT2D eigenvalue weighted by Gasteiger charge is 2.20. The Morgan fingerprint density at radius 1 is 1.35 bits per heavy atom. The van der Waals surface area contributed by atoms with E-state index in [4.69, 9.17) is 10.2 Å². The van der Waals surface area contributed by atoms with Crippen LogP contribution in [0.3, 0.4) is 0 Å². The molecule has 92 valence electrons. The van der Waals surface area contributed by atoms with E-state index in [1.165, 1.54) is 0 Å². The molecule has 0 fully saturated rings. The maximum Gasteiger partial charge on any atom is 0.328 e. The van der Waals surface area contributed by atoms with Crippen LogP contribution in [0.2, 0.25) is 0 Å². The minimum atomic E-state index is -1.28. The number of rotatable bonds is 4. The third-order valence-electron chi connectivity index (χ3n) is 2.42. The van der Waals surface area contributed by atoms with Crippen molar-refractivity contribution < 1.29 is 19.8 Å². The molecule has 1 amide bonds. The van der Waals surface area contributed by atoms with Gasteiger partial charge in [-0.3, -0.25) is 4.79 Å². The summed E-state index contributed by atoms with van der Waals surface area (Å²) in [4.78, 5) is 22.5. The first-order valence-corrected chi connectivity index (χ1v) is 5.17. The van der Waals surface area contributed by atoms with Crippen molar-refractivity contribution in [1.29, 1.82) is 0 Å². The molecule has 1 aromatic rings. The van der Waals surface area contributed by atoms with Crippen molar-refractivity contribution in [2.24, 2.45) is 0 Å². The minimum Gasteiger partial charge on any atom is -0.480 e. The summed E-state index contributed by atoms with van der Waals surface area (Å²) in [6.07, 6.45) is 0. The molecule has 5 nitrogen and oxygen atoms in total. The summed E-state index contributed by atoms with van der Waals surface area (Å²) in [7, 11) is 0. The summed E-state index contributed by atoms with van der Waals surface area (Å²) in [6, 6.07) is 4.06. The smallest absolute Gasteiger partial charge is 0.328 e. The van der Waals surface area contributed by atoms with E-state index in [1.54, 1.807) is 19.1 Å². The van der Waals surface area contributed by atoms with Gasteiger partial charge in [-0.05, 0) is 25.5 Å². The third-order valence-corrected chi connectivity index (χ3v) is 2.42. The van der Waals surface area contributed by atoms with Crippen molar-refractivity contribution in [3.63, 3.8) is 0 Å².